The number of anilines is 1. The molecule has 1 aromatic heterocycles. The molecule has 0 fully saturated rings. The van der Waals surface area contributed by atoms with Crippen LogP contribution in [-0.2, 0) is 24.8 Å². The quantitative estimate of drug-likeness (QED) is 0.891. The molecule has 0 saturated heterocycles. The molecule has 6 heteroatoms. The predicted octanol–water partition coefficient (Wildman–Crippen LogP) is 2.73. The van der Waals surface area contributed by atoms with Gasteiger partial charge in [0.25, 0.3) is 0 Å². The molecular weight excluding hydrogens is 290 g/mol. The lowest BCUT2D eigenvalue weighted by Crippen LogP contribution is -2.29. The Labute approximate surface area is 128 Å². The van der Waals surface area contributed by atoms with Gasteiger partial charge in [-0.1, -0.05) is 24.6 Å². The summed E-state index contributed by atoms with van der Waals surface area (Å²) in [6.07, 6.45) is 2.74. The van der Waals surface area contributed by atoms with Crippen molar-refractivity contribution < 1.29 is 9.90 Å². The van der Waals surface area contributed by atoms with Crippen molar-refractivity contribution in [1.82, 2.24) is 9.78 Å². The van der Waals surface area contributed by atoms with Gasteiger partial charge < -0.3 is 10.0 Å². The largest absolute Gasteiger partial charge is 0.480 e. The van der Waals surface area contributed by atoms with E-state index in [0.29, 0.717) is 11.6 Å². The topological polar surface area (TPSA) is 58.4 Å². The number of rotatable bonds is 6. The van der Waals surface area contributed by atoms with Crippen molar-refractivity contribution in [2.24, 2.45) is 7.05 Å². The summed E-state index contributed by atoms with van der Waals surface area (Å²) in [5.74, 6) is -0.878. The van der Waals surface area contributed by atoms with Crippen LogP contribution in [0.5, 0.6) is 0 Å². The smallest absolute Gasteiger partial charge is 0.323 e. The lowest BCUT2D eigenvalue weighted by Gasteiger charge is -2.23. The van der Waals surface area contributed by atoms with Crippen LogP contribution in [0.1, 0.15) is 18.2 Å². The van der Waals surface area contributed by atoms with Gasteiger partial charge in [-0.3, -0.25) is 9.48 Å². The van der Waals surface area contributed by atoms with Crippen molar-refractivity contribution in [1.29, 1.82) is 0 Å². The number of aryl methyl sites for hydroxylation is 2. The van der Waals surface area contributed by atoms with E-state index < -0.39 is 5.97 Å². The molecule has 0 unspecified atom stereocenters. The van der Waals surface area contributed by atoms with E-state index in [1.165, 1.54) is 0 Å². The minimum Gasteiger partial charge on any atom is -0.480 e. The Morgan fingerprint density at radius 3 is 2.86 bits per heavy atom. The number of carboxylic acid groups (broad SMARTS) is 1. The molecule has 0 aliphatic carbocycles. The third-order valence-electron chi connectivity index (χ3n) is 3.19. The van der Waals surface area contributed by atoms with E-state index >= 15 is 0 Å². The maximum atomic E-state index is 11.1. The van der Waals surface area contributed by atoms with E-state index in [2.05, 4.69) is 5.10 Å². The molecule has 2 aromatic rings. The molecule has 5 nitrogen and oxygen atoms in total. The average Bonchev–Trinajstić information content (AvgIpc) is 2.77. The van der Waals surface area contributed by atoms with Crippen LogP contribution in [-0.4, -0.2) is 27.4 Å². The molecule has 0 amide bonds. The van der Waals surface area contributed by atoms with Gasteiger partial charge in [-0.25, -0.2) is 0 Å². The summed E-state index contributed by atoms with van der Waals surface area (Å²) in [7, 11) is 1.86. The van der Waals surface area contributed by atoms with Gasteiger partial charge in [-0.15, -0.1) is 0 Å². The van der Waals surface area contributed by atoms with E-state index in [-0.39, 0.29) is 6.54 Å². The molecule has 1 heterocycles. The van der Waals surface area contributed by atoms with Gasteiger partial charge in [0.05, 0.1) is 5.69 Å². The zero-order valence-corrected chi connectivity index (χ0v) is 12.8. The third-order valence-corrected chi connectivity index (χ3v) is 3.42. The fourth-order valence-electron chi connectivity index (χ4n) is 2.29. The number of hydrogen-bond acceptors (Lipinski definition) is 3. The molecular formula is C15H18ClN3O2. The minimum absolute atomic E-state index is 0.0849. The van der Waals surface area contributed by atoms with Crippen LogP contribution in [0, 0.1) is 0 Å². The molecule has 0 aliphatic rings. The first-order chi connectivity index (χ1) is 9.99. The van der Waals surface area contributed by atoms with E-state index in [4.69, 9.17) is 16.7 Å². The standard InChI is InChI=1S/C15H18ClN3O2/c1-3-14-11(8-18(2)17-14)9-19(10-15(20)21)13-6-4-5-12(16)7-13/h4-8H,3,9-10H2,1-2H3,(H,20,21). The number of carboxylic acids is 1. The molecule has 0 radical (unpaired) electrons. The first-order valence-corrected chi connectivity index (χ1v) is 7.11. The zero-order chi connectivity index (χ0) is 15.4. The van der Waals surface area contributed by atoms with E-state index in [0.717, 1.165) is 23.4 Å². The second-order valence-electron chi connectivity index (χ2n) is 4.86. The van der Waals surface area contributed by atoms with Crippen molar-refractivity contribution in [2.45, 2.75) is 19.9 Å². The molecule has 0 aliphatic heterocycles. The second kappa shape index (κ2) is 6.63. The molecule has 0 atom stereocenters. The maximum Gasteiger partial charge on any atom is 0.323 e. The number of carbonyl (C=O) groups is 1. The number of aliphatic carboxylic acids is 1. The molecule has 2 rings (SSSR count). The Kier molecular flexibility index (Phi) is 4.85. The molecule has 1 N–H and O–H groups in total. The summed E-state index contributed by atoms with van der Waals surface area (Å²) in [5.41, 5.74) is 2.80. The Bertz CT molecular complexity index is 640. The normalized spacial score (nSPS) is 10.6. The molecule has 1 aromatic carbocycles. The second-order valence-corrected chi connectivity index (χ2v) is 5.29. The third kappa shape index (κ3) is 3.98. The highest BCUT2D eigenvalue weighted by Gasteiger charge is 2.15. The van der Waals surface area contributed by atoms with Gasteiger partial charge >= 0.3 is 5.97 Å². The van der Waals surface area contributed by atoms with Crippen LogP contribution < -0.4 is 4.90 Å². The number of nitrogens with zero attached hydrogens (tertiary/aromatic N) is 3. The highest BCUT2D eigenvalue weighted by molar-refractivity contribution is 6.30. The number of aromatic nitrogens is 2. The Morgan fingerprint density at radius 2 is 2.24 bits per heavy atom. The first-order valence-electron chi connectivity index (χ1n) is 6.73. The molecule has 0 saturated carbocycles. The van der Waals surface area contributed by atoms with Crippen LogP contribution in [0.2, 0.25) is 5.02 Å². The summed E-state index contributed by atoms with van der Waals surface area (Å²) in [4.78, 5) is 12.9. The summed E-state index contributed by atoms with van der Waals surface area (Å²) < 4.78 is 1.76. The Morgan fingerprint density at radius 1 is 1.48 bits per heavy atom. The van der Waals surface area contributed by atoms with Crippen molar-refractivity contribution in [3.05, 3.63) is 46.7 Å². The maximum absolute atomic E-state index is 11.1. The fourth-order valence-corrected chi connectivity index (χ4v) is 2.48. The van der Waals surface area contributed by atoms with E-state index in [1.807, 2.05) is 32.3 Å². The molecule has 112 valence electrons. The zero-order valence-electron chi connectivity index (χ0n) is 12.1. The Hall–Kier alpha value is -2.01. The van der Waals surface area contributed by atoms with Crippen LogP contribution >= 0.6 is 11.6 Å². The van der Waals surface area contributed by atoms with Gasteiger partial charge in [0.1, 0.15) is 6.54 Å². The van der Waals surface area contributed by atoms with E-state index in [9.17, 15) is 4.79 Å². The number of hydrogen-bond donors (Lipinski definition) is 1. The van der Waals surface area contributed by atoms with Crippen molar-refractivity contribution >= 4 is 23.3 Å². The SMILES string of the molecule is CCc1nn(C)cc1CN(CC(=O)O)c1cccc(Cl)c1. The van der Waals surface area contributed by atoms with Gasteiger partial charge in [0.15, 0.2) is 0 Å². The van der Waals surface area contributed by atoms with Crippen molar-refractivity contribution in [3.8, 4) is 0 Å². The predicted molar refractivity (Wildman–Crippen MR) is 82.7 cm³/mol. The molecule has 21 heavy (non-hydrogen) atoms. The van der Waals surface area contributed by atoms with Crippen LogP contribution in [0.25, 0.3) is 0 Å². The van der Waals surface area contributed by atoms with Gasteiger partial charge in [-0.2, -0.15) is 5.10 Å². The summed E-state index contributed by atoms with van der Waals surface area (Å²) in [5, 5.41) is 14.1. The van der Waals surface area contributed by atoms with Crippen molar-refractivity contribution in [3.63, 3.8) is 0 Å². The fraction of sp³-hybridized carbons (Fsp3) is 0.333. The molecule has 0 spiro atoms. The van der Waals surface area contributed by atoms with Gasteiger partial charge in [-0.05, 0) is 24.6 Å². The highest BCUT2D eigenvalue weighted by Crippen LogP contribution is 2.22. The van der Waals surface area contributed by atoms with Crippen LogP contribution in [0.4, 0.5) is 5.69 Å². The Balaban J connectivity index is 2.30. The average molecular weight is 308 g/mol. The highest BCUT2D eigenvalue weighted by atomic mass is 35.5. The lowest BCUT2D eigenvalue weighted by atomic mass is 10.2. The van der Waals surface area contributed by atoms with Crippen molar-refractivity contribution in [2.75, 3.05) is 11.4 Å². The summed E-state index contributed by atoms with van der Waals surface area (Å²) >= 11 is 6.00. The minimum atomic E-state index is -0.878. The van der Waals surface area contributed by atoms with Crippen LogP contribution in [0.3, 0.4) is 0 Å². The summed E-state index contributed by atoms with van der Waals surface area (Å²) in [6.45, 7) is 2.44. The van der Waals surface area contributed by atoms with Gasteiger partial charge in [0.2, 0.25) is 0 Å². The lowest BCUT2D eigenvalue weighted by molar-refractivity contribution is -0.135. The first kappa shape index (κ1) is 15.4. The number of benzene rings is 1. The van der Waals surface area contributed by atoms with Crippen LogP contribution in [0.15, 0.2) is 30.5 Å². The monoisotopic (exact) mass is 307 g/mol. The molecule has 0 bridgehead atoms. The van der Waals surface area contributed by atoms with Gasteiger partial charge in [0, 0.05) is 36.1 Å². The number of halogens is 1. The summed E-state index contributed by atoms with van der Waals surface area (Å²) in [6, 6.07) is 7.21. The van der Waals surface area contributed by atoms with E-state index in [1.54, 1.807) is 21.7 Å².